The molecule has 2 rings (SSSR count). The number of non-ortho nitro benzene ring substituents is 1. The molecular weight excluding hydrogens is 432 g/mol. The zero-order chi connectivity index (χ0) is 24.1. The first-order valence-electron chi connectivity index (χ1n) is 9.29. The van der Waals surface area contributed by atoms with Gasteiger partial charge in [0.25, 0.3) is 5.69 Å². The van der Waals surface area contributed by atoms with E-state index in [0.717, 1.165) is 24.3 Å². The van der Waals surface area contributed by atoms with Crippen LogP contribution in [0.3, 0.4) is 0 Å². The molecule has 0 heterocycles. The first-order chi connectivity index (χ1) is 15.0. The maximum atomic E-state index is 13.4. The van der Waals surface area contributed by atoms with E-state index in [9.17, 15) is 23.3 Å². The van der Waals surface area contributed by atoms with Crippen LogP contribution in [0.1, 0.15) is 25.0 Å². The normalized spacial score (nSPS) is 11.9. The summed E-state index contributed by atoms with van der Waals surface area (Å²) in [5, 5.41) is 21.9. The van der Waals surface area contributed by atoms with Crippen molar-refractivity contribution in [3.63, 3.8) is 0 Å². The molecule has 0 fully saturated rings. The lowest BCUT2D eigenvalue weighted by Gasteiger charge is -2.16. The third-order valence-electron chi connectivity index (χ3n) is 4.47. The summed E-state index contributed by atoms with van der Waals surface area (Å²) in [7, 11) is -4.18. The molecule has 2 aromatic carbocycles. The summed E-state index contributed by atoms with van der Waals surface area (Å²) >= 11 is 0. The van der Waals surface area contributed by atoms with E-state index in [-0.39, 0.29) is 32.4 Å². The number of carbonyl (C=O) groups is 1. The summed E-state index contributed by atoms with van der Waals surface area (Å²) in [6.45, 7) is 8.68. The summed E-state index contributed by atoms with van der Waals surface area (Å²) in [5.41, 5.74) is 1.66. The van der Waals surface area contributed by atoms with Crippen molar-refractivity contribution in [3.05, 3.63) is 81.6 Å². The van der Waals surface area contributed by atoms with Gasteiger partial charge in [0, 0.05) is 35.3 Å². The molecule has 32 heavy (non-hydrogen) atoms. The topological polar surface area (TPSA) is 143 Å². The van der Waals surface area contributed by atoms with Gasteiger partial charge in [0.2, 0.25) is 16.2 Å². The number of nitrogens with one attached hydrogen (secondary N) is 2. The highest BCUT2D eigenvalue weighted by Crippen LogP contribution is 2.31. The molecule has 0 saturated heterocycles. The fourth-order valence-electron chi connectivity index (χ4n) is 2.77. The smallest absolute Gasteiger partial charge is 0.269 e. The number of nitro benzene ring substituents is 1. The van der Waals surface area contributed by atoms with Gasteiger partial charge in [-0.05, 0) is 62.2 Å². The van der Waals surface area contributed by atoms with E-state index in [1.807, 2.05) is 0 Å². The van der Waals surface area contributed by atoms with Crippen molar-refractivity contribution in [1.82, 2.24) is 0 Å². The number of sulfone groups is 1. The number of rotatable bonds is 9. The molecule has 166 valence electrons. The number of allylic oxidation sites excluding steroid dienone is 3. The molecule has 0 aliphatic rings. The highest BCUT2D eigenvalue weighted by molar-refractivity contribution is 7.91. The standard InChI is InChI=1S/C22H22N4O5S/c1-14(2)24-10-9-15(3)22(23)19-11-16(4)20(25-13-27)12-21(19)32(30,31)18-7-5-17(6-8-18)26(28)29/h5-13,23H,1H2,2-4H3,(H,25,27)/b15-9+,23-22?,24-10?. The van der Waals surface area contributed by atoms with Gasteiger partial charge in [0.05, 0.1) is 20.4 Å². The second-order valence-corrected chi connectivity index (χ2v) is 8.84. The van der Waals surface area contributed by atoms with Gasteiger partial charge in [0.1, 0.15) is 0 Å². The van der Waals surface area contributed by atoms with E-state index in [0.29, 0.717) is 23.2 Å². The Kier molecular flexibility index (Phi) is 7.55. The zero-order valence-corrected chi connectivity index (χ0v) is 18.6. The molecule has 2 N–H and O–H groups in total. The molecule has 0 radical (unpaired) electrons. The Balaban J connectivity index is 2.69. The number of carbonyl (C=O) groups excluding carboxylic acids is 1. The van der Waals surface area contributed by atoms with Crippen LogP contribution in [0.4, 0.5) is 11.4 Å². The summed E-state index contributed by atoms with van der Waals surface area (Å²) < 4.78 is 26.8. The maximum absolute atomic E-state index is 13.4. The van der Waals surface area contributed by atoms with Crippen molar-refractivity contribution < 1.29 is 18.1 Å². The number of aliphatic imine (C=N–C) groups is 1. The monoisotopic (exact) mass is 454 g/mol. The van der Waals surface area contributed by atoms with Gasteiger partial charge in [-0.15, -0.1) is 0 Å². The van der Waals surface area contributed by atoms with E-state index >= 15 is 0 Å². The van der Waals surface area contributed by atoms with Gasteiger partial charge in [0.15, 0.2) is 0 Å². The van der Waals surface area contributed by atoms with Gasteiger partial charge in [-0.25, -0.2) is 8.42 Å². The fourth-order valence-corrected chi connectivity index (χ4v) is 4.24. The van der Waals surface area contributed by atoms with Crippen molar-refractivity contribution in [2.75, 3.05) is 5.32 Å². The number of benzene rings is 2. The molecule has 2 aromatic rings. The van der Waals surface area contributed by atoms with Gasteiger partial charge in [-0.3, -0.25) is 25.3 Å². The Morgan fingerprint density at radius 2 is 1.84 bits per heavy atom. The molecular formula is C22H22N4O5S. The SMILES string of the molecule is C=C(C)N=C/C=C(\C)C(=N)c1cc(C)c(NC=O)cc1S(=O)(=O)c1ccc([N+](=O)[O-])cc1. The van der Waals surface area contributed by atoms with Crippen LogP contribution in [0.2, 0.25) is 0 Å². The van der Waals surface area contributed by atoms with E-state index in [1.165, 1.54) is 18.3 Å². The first-order valence-corrected chi connectivity index (χ1v) is 10.8. The van der Waals surface area contributed by atoms with Crippen LogP contribution in [0, 0.1) is 22.4 Å². The van der Waals surface area contributed by atoms with E-state index < -0.39 is 14.8 Å². The quantitative estimate of drug-likeness (QED) is 0.252. The van der Waals surface area contributed by atoms with E-state index in [2.05, 4.69) is 16.9 Å². The Morgan fingerprint density at radius 1 is 1.22 bits per heavy atom. The molecule has 0 unspecified atom stereocenters. The van der Waals surface area contributed by atoms with Crippen LogP contribution in [0.25, 0.3) is 0 Å². The zero-order valence-electron chi connectivity index (χ0n) is 17.7. The number of hydrogen-bond acceptors (Lipinski definition) is 7. The van der Waals surface area contributed by atoms with Gasteiger partial charge < -0.3 is 5.32 Å². The Morgan fingerprint density at radius 3 is 2.38 bits per heavy atom. The van der Waals surface area contributed by atoms with Crippen LogP contribution in [-0.2, 0) is 14.6 Å². The largest absolute Gasteiger partial charge is 0.328 e. The van der Waals surface area contributed by atoms with Crippen LogP contribution in [0.5, 0.6) is 0 Å². The second-order valence-electron chi connectivity index (χ2n) is 6.92. The molecule has 0 atom stereocenters. The molecule has 0 aliphatic carbocycles. The summed E-state index contributed by atoms with van der Waals surface area (Å²) in [6, 6.07) is 7.23. The van der Waals surface area contributed by atoms with E-state index in [4.69, 9.17) is 5.41 Å². The Hall–Kier alpha value is -3.92. The lowest BCUT2D eigenvalue weighted by Crippen LogP contribution is -2.13. The minimum Gasteiger partial charge on any atom is -0.328 e. The summed E-state index contributed by atoms with van der Waals surface area (Å²) in [6.07, 6.45) is 3.45. The predicted molar refractivity (Wildman–Crippen MR) is 123 cm³/mol. The third kappa shape index (κ3) is 5.41. The lowest BCUT2D eigenvalue weighted by atomic mass is 10.0. The van der Waals surface area contributed by atoms with Crippen molar-refractivity contribution in [2.24, 2.45) is 4.99 Å². The van der Waals surface area contributed by atoms with Crippen molar-refractivity contribution in [3.8, 4) is 0 Å². The van der Waals surface area contributed by atoms with Crippen molar-refractivity contribution >= 4 is 39.5 Å². The van der Waals surface area contributed by atoms with Crippen molar-refractivity contribution in [2.45, 2.75) is 30.6 Å². The molecule has 0 bridgehead atoms. The fraction of sp³-hybridized carbons (Fsp3) is 0.136. The maximum Gasteiger partial charge on any atom is 0.269 e. The molecule has 0 saturated carbocycles. The highest BCUT2D eigenvalue weighted by Gasteiger charge is 2.26. The lowest BCUT2D eigenvalue weighted by molar-refractivity contribution is -0.384. The van der Waals surface area contributed by atoms with Crippen LogP contribution in [-0.4, -0.2) is 31.7 Å². The number of amides is 1. The average molecular weight is 455 g/mol. The second kappa shape index (κ2) is 9.92. The minimum absolute atomic E-state index is 0.0561. The number of nitro groups is 1. The van der Waals surface area contributed by atoms with E-state index in [1.54, 1.807) is 26.8 Å². The van der Waals surface area contributed by atoms with Gasteiger partial charge in [-0.2, -0.15) is 0 Å². The number of aryl methyl sites for hydroxylation is 1. The first kappa shape index (κ1) is 24.4. The van der Waals surface area contributed by atoms with Crippen LogP contribution >= 0.6 is 0 Å². The number of hydrogen-bond donors (Lipinski definition) is 2. The molecule has 0 aliphatic heterocycles. The molecule has 0 aromatic heterocycles. The molecule has 9 nitrogen and oxygen atoms in total. The van der Waals surface area contributed by atoms with Gasteiger partial charge in [-0.1, -0.05) is 6.58 Å². The predicted octanol–water partition coefficient (Wildman–Crippen LogP) is 4.22. The number of nitrogens with zero attached hydrogens (tertiary/aromatic N) is 2. The molecule has 1 amide bonds. The van der Waals surface area contributed by atoms with Crippen LogP contribution in [0.15, 0.2) is 75.1 Å². The summed E-state index contributed by atoms with van der Waals surface area (Å²) in [5.74, 6) is 0. The van der Waals surface area contributed by atoms with Gasteiger partial charge >= 0.3 is 0 Å². The molecule has 10 heteroatoms. The van der Waals surface area contributed by atoms with Crippen molar-refractivity contribution in [1.29, 1.82) is 5.41 Å². The average Bonchev–Trinajstić information content (AvgIpc) is 2.74. The molecule has 0 spiro atoms. The Labute approximate surface area is 185 Å². The van der Waals surface area contributed by atoms with Crippen LogP contribution < -0.4 is 5.32 Å². The third-order valence-corrected chi connectivity index (χ3v) is 6.28. The minimum atomic E-state index is -4.18. The summed E-state index contributed by atoms with van der Waals surface area (Å²) in [4.78, 5) is 24.9. The number of anilines is 1. The Bertz CT molecular complexity index is 1260. The highest BCUT2D eigenvalue weighted by atomic mass is 32.2.